The van der Waals surface area contributed by atoms with Crippen LogP contribution in [0.3, 0.4) is 0 Å². The third-order valence-electron chi connectivity index (χ3n) is 3.79. The number of amides is 2. The van der Waals surface area contributed by atoms with Crippen molar-refractivity contribution in [2.24, 2.45) is 5.10 Å². The van der Waals surface area contributed by atoms with E-state index in [4.69, 9.17) is 4.74 Å². The molecule has 1 aliphatic rings. The molecule has 6 heteroatoms. The number of anilines is 2. The van der Waals surface area contributed by atoms with Gasteiger partial charge in [-0.3, -0.25) is 9.59 Å². The van der Waals surface area contributed by atoms with Crippen molar-refractivity contribution < 1.29 is 14.3 Å². The maximum atomic E-state index is 12.5. The Kier molecular flexibility index (Phi) is 5.20. The molecule has 1 heterocycles. The molecular formula is C19H19N3O3. The molecule has 0 aliphatic carbocycles. The highest BCUT2D eigenvalue weighted by Crippen LogP contribution is 2.20. The quantitative estimate of drug-likeness (QED) is 0.912. The number of hydrogen-bond acceptors (Lipinski definition) is 4. The summed E-state index contributed by atoms with van der Waals surface area (Å²) < 4.78 is 5.10. The van der Waals surface area contributed by atoms with Crippen molar-refractivity contribution in [1.82, 2.24) is 0 Å². The number of benzene rings is 2. The largest absolute Gasteiger partial charge is 0.380 e. The van der Waals surface area contributed by atoms with Gasteiger partial charge in [-0.1, -0.05) is 30.3 Å². The van der Waals surface area contributed by atoms with E-state index in [0.717, 1.165) is 5.56 Å². The first-order valence-electron chi connectivity index (χ1n) is 8.02. The van der Waals surface area contributed by atoms with E-state index in [0.29, 0.717) is 30.1 Å². The Morgan fingerprint density at radius 3 is 2.72 bits per heavy atom. The van der Waals surface area contributed by atoms with Crippen LogP contribution in [-0.2, 0) is 20.9 Å². The highest BCUT2D eigenvalue weighted by Gasteiger charge is 2.25. The maximum Gasteiger partial charge on any atom is 0.271 e. The minimum absolute atomic E-state index is 0.121. The predicted molar refractivity (Wildman–Crippen MR) is 96.4 cm³/mol. The van der Waals surface area contributed by atoms with Gasteiger partial charge >= 0.3 is 0 Å². The molecule has 1 N–H and O–H groups in total. The molecule has 0 bridgehead atoms. The normalized spacial score (nSPS) is 14.2. The summed E-state index contributed by atoms with van der Waals surface area (Å²) in [6.07, 6.45) is 0.580. The zero-order chi connectivity index (χ0) is 17.6. The summed E-state index contributed by atoms with van der Waals surface area (Å²) >= 11 is 0. The molecule has 128 valence electrons. The standard InChI is InChI=1S/C19H19N3O3/c1-25-13-14-6-5-7-15(12-14)20-19(24)17-10-11-18(23)22(21-17)16-8-3-2-4-9-16/h2-9,12H,10-11,13H2,1H3,(H,20,24). The number of rotatable bonds is 5. The Hall–Kier alpha value is -2.99. The van der Waals surface area contributed by atoms with Crippen molar-refractivity contribution in [2.45, 2.75) is 19.4 Å². The topological polar surface area (TPSA) is 71.0 Å². The number of hydrogen-bond donors (Lipinski definition) is 1. The Morgan fingerprint density at radius 2 is 1.96 bits per heavy atom. The van der Waals surface area contributed by atoms with Crippen molar-refractivity contribution >= 4 is 28.9 Å². The van der Waals surface area contributed by atoms with E-state index in [-0.39, 0.29) is 18.2 Å². The highest BCUT2D eigenvalue weighted by molar-refractivity contribution is 6.44. The van der Waals surface area contributed by atoms with Gasteiger partial charge in [-0.05, 0) is 29.8 Å². The summed E-state index contributed by atoms with van der Waals surface area (Å²) in [6, 6.07) is 16.5. The SMILES string of the molecule is COCc1cccc(NC(=O)C2=NN(c3ccccc3)C(=O)CC2)c1. The second-order valence-electron chi connectivity index (χ2n) is 5.68. The number of nitrogens with one attached hydrogen (secondary N) is 1. The van der Waals surface area contributed by atoms with Crippen molar-refractivity contribution in [3.63, 3.8) is 0 Å². The van der Waals surface area contributed by atoms with Crippen molar-refractivity contribution in [2.75, 3.05) is 17.4 Å². The molecule has 0 unspecified atom stereocenters. The molecule has 3 rings (SSSR count). The van der Waals surface area contributed by atoms with E-state index in [9.17, 15) is 9.59 Å². The van der Waals surface area contributed by atoms with Crippen LogP contribution >= 0.6 is 0 Å². The van der Waals surface area contributed by atoms with Gasteiger partial charge in [0.05, 0.1) is 12.3 Å². The number of hydrazone groups is 1. The van der Waals surface area contributed by atoms with Crippen LogP contribution in [0.5, 0.6) is 0 Å². The molecule has 0 saturated carbocycles. The lowest BCUT2D eigenvalue weighted by atomic mass is 10.1. The lowest BCUT2D eigenvalue weighted by molar-refractivity contribution is -0.118. The van der Waals surface area contributed by atoms with Crippen LogP contribution in [0.2, 0.25) is 0 Å². The van der Waals surface area contributed by atoms with E-state index in [2.05, 4.69) is 10.4 Å². The minimum atomic E-state index is -0.303. The molecule has 6 nitrogen and oxygen atoms in total. The van der Waals surface area contributed by atoms with Crippen LogP contribution in [0.1, 0.15) is 18.4 Å². The van der Waals surface area contributed by atoms with Crippen LogP contribution in [0.15, 0.2) is 59.7 Å². The van der Waals surface area contributed by atoms with Gasteiger partial charge in [0.1, 0.15) is 5.71 Å². The third kappa shape index (κ3) is 4.10. The van der Waals surface area contributed by atoms with Crippen LogP contribution in [0, 0.1) is 0 Å². The van der Waals surface area contributed by atoms with Gasteiger partial charge in [-0.2, -0.15) is 5.10 Å². The van der Waals surface area contributed by atoms with Gasteiger partial charge in [-0.15, -0.1) is 0 Å². The van der Waals surface area contributed by atoms with E-state index in [1.54, 1.807) is 25.3 Å². The second-order valence-corrected chi connectivity index (χ2v) is 5.68. The van der Waals surface area contributed by atoms with E-state index in [1.807, 2.05) is 36.4 Å². The molecule has 2 amide bonds. The number of nitrogens with zero attached hydrogens (tertiary/aromatic N) is 2. The first-order chi connectivity index (χ1) is 12.2. The highest BCUT2D eigenvalue weighted by atomic mass is 16.5. The number of carbonyl (C=O) groups is 2. The molecule has 0 aromatic heterocycles. The summed E-state index contributed by atoms with van der Waals surface area (Å²) in [4.78, 5) is 24.6. The molecule has 2 aromatic carbocycles. The number of para-hydroxylation sites is 1. The number of methoxy groups -OCH3 is 1. The lowest BCUT2D eigenvalue weighted by Crippen LogP contribution is -2.36. The average Bonchev–Trinajstić information content (AvgIpc) is 2.63. The summed E-state index contributed by atoms with van der Waals surface area (Å²) in [5.41, 5.74) is 2.62. The number of ether oxygens (including phenoxy) is 1. The van der Waals surface area contributed by atoms with Crippen LogP contribution < -0.4 is 10.3 Å². The lowest BCUT2D eigenvalue weighted by Gasteiger charge is -2.23. The van der Waals surface area contributed by atoms with Crippen molar-refractivity contribution in [3.05, 3.63) is 60.2 Å². The van der Waals surface area contributed by atoms with E-state index in [1.165, 1.54) is 5.01 Å². The molecule has 0 atom stereocenters. The monoisotopic (exact) mass is 337 g/mol. The van der Waals surface area contributed by atoms with Gasteiger partial charge in [0.2, 0.25) is 5.91 Å². The molecule has 25 heavy (non-hydrogen) atoms. The van der Waals surface area contributed by atoms with Gasteiger partial charge in [-0.25, -0.2) is 5.01 Å². The Balaban J connectivity index is 1.77. The van der Waals surface area contributed by atoms with E-state index < -0.39 is 0 Å². The Bertz CT molecular complexity index is 803. The van der Waals surface area contributed by atoms with Gasteiger partial charge in [0.15, 0.2) is 0 Å². The fourth-order valence-corrected chi connectivity index (χ4v) is 2.60. The van der Waals surface area contributed by atoms with Crippen molar-refractivity contribution in [1.29, 1.82) is 0 Å². The van der Waals surface area contributed by atoms with Gasteiger partial charge in [0.25, 0.3) is 5.91 Å². The van der Waals surface area contributed by atoms with E-state index >= 15 is 0 Å². The zero-order valence-electron chi connectivity index (χ0n) is 13.9. The smallest absolute Gasteiger partial charge is 0.271 e. The fraction of sp³-hybridized carbons (Fsp3) is 0.211. The second kappa shape index (κ2) is 7.72. The Morgan fingerprint density at radius 1 is 1.16 bits per heavy atom. The van der Waals surface area contributed by atoms with Gasteiger partial charge < -0.3 is 10.1 Å². The first-order valence-corrected chi connectivity index (χ1v) is 8.02. The predicted octanol–water partition coefficient (Wildman–Crippen LogP) is 2.95. The third-order valence-corrected chi connectivity index (χ3v) is 3.79. The van der Waals surface area contributed by atoms with Crippen LogP contribution in [-0.4, -0.2) is 24.6 Å². The molecular weight excluding hydrogens is 318 g/mol. The van der Waals surface area contributed by atoms with Crippen molar-refractivity contribution in [3.8, 4) is 0 Å². The molecule has 0 radical (unpaired) electrons. The fourth-order valence-electron chi connectivity index (χ4n) is 2.60. The van der Waals surface area contributed by atoms with Crippen LogP contribution in [0.25, 0.3) is 0 Å². The number of carbonyl (C=O) groups excluding carboxylic acids is 2. The summed E-state index contributed by atoms with van der Waals surface area (Å²) in [5, 5.41) is 8.38. The average molecular weight is 337 g/mol. The van der Waals surface area contributed by atoms with Crippen LogP contribution in [0.4, 0.5) is 11.4 Å². The molecule has 2 aromatic rings. The Labute approximate surface area is 146 Å². The summed E-state index contributed by atoms with van der Waals surface area (Å²) in [6.45, 7) is 0.473. The van der Waals surface area contributed by atoms with Gasteiger partial charge in [0, 0.05) is 25.6 Å². The molecule has 0 saturated heterocycles. The molecule has 0 spiro atoms. The summed E-state index contributed by atoms with van der Waals surface area (Å²) in [5.74, 6) is -0.423. The molecule has 0 fully saturated rings. The summed E-state index contributed by atoms with van der Waals surface area (Å²) in [7, 11) is 1.62. The molecule has 1 aliphatic heterocycles. The minimum Gasteiger partial charge on any atom is -0.380 e. The maximum absolute atomic E-state index is 12.5. The first kappa shape index (κ1) is 16.9. The zero-order valence-corrected chi connectivity index (χ0v) is 13.9.